The molecule has 144 valence electrons. The van der Waals surface area contributed by atoms with Gasteiger partial charge >= 0.3 is 29.6 Å². The summed E-state index contributed by atoms with van der Waals surface area (Å²) in [4.78, 5) is 33.1. The Balaban J connectivity index is 0.00000364. The number of thiazole rings is 1. The summed E-state index contributed by atoms with van der Waals surface area (Å²) in [6.45, 7) is 3.52. The van der Waals surface area contributed by atoms with Crippen LogP contribution in [-0.2, 0) is 24.7 Å². The monoisotopic (exact) mass is 445 g/mol. The van der Waals surface area contributed by atoms with Gasteiger partial charge < -0.3 is 20.4 Å². The minimum atomic E-state index is -4.98. The molecule has 0 saturated carbocycles. The third-order valence-electron chi connectivity index (χ3n) is 3.10. The Morgan fingerprint density at radius 3 is 2.63 bits per heavy atom. The summed E-state index contributed by atoms with van der Waals surface area (Å²) in [5.74, 6) is -1.83. The molecular formula is C12H16N5NaO6S3. The maximum Gasteiger partial charge on any atom is 1.00 e. The van der Waals surface area contributed by atoms with E-state index < -0.39 is 33.5 Å². The van der Waals surface area contributed by atoms with Crippen molar-refractivity contribution in [1.29, 1.82) is 0 Å². The molecule has 1 aliphatic heterocycles. The van der Waals surface area contributed by atoms with Crippen molar-refractivity contribution in [2.24, 2.45) is 5.16 Å². The first-order valence-corrected chi connectivity index (χ1v) is 10.3. The van der Waals surface area contributed by atoms with E-state index >= 15 is 0 Å². The SMILES string of the molecule is CO/N=C(/C(=O)NC1C(=O)N(S(=O)(=O)[O-])C1SC(C)C)c1csc(N)n1.[Na+]. The van der Waals surface area contributed by atoms with E-state index in [-0.39, 0.29) is 55.6 Å². The van der Waals surface area contributed by atoms with E-state index in [0.29, 0.717) is 0 Å². The first kappa shape index (κ1) is 24.1. The summed E-state index contributed by atoms with van der Waals surface area (Å²) in [7, 11) is -3.76. The van der Waals surface area contributed by atoms with Gasteiger partial charge in [0.25, 0.3) is 11.8 Å². The number of carbonyl (C=O) groups is 2. The zero-order chi connectivity index (χ0) is 19.6. The van der Waals surface area contributed by atoms with Crippen LogP contribution in [0, 0.1) is 0 Å². The number of hydrogen-bond donors (Lipinski definition) is 2. The molecular weight excluding hydrogens is 429 g/mol. The molecule has 0 spiro atoms. The zero-order valence-electron chi connectivity index (χ0n) is 14.9. The van der Waals surface area contributed by atoms with Crippen LogP contribution in [0.25, 0.3) is 0 Å². The molecule has 2 heterocycles. The van der Waals surface area contributed by atoms with E-state index in [9.17, 15) is 22.6 Å². The van der Waals surface area contributed by atoms with E-state index in [2.05, 4.69) is 20.3 Å². The van der Waals surface area contributed by atoms with Gasteiger partial charge in [-0.2, -0.15) is 0 Å². The second-order valence-corrected chi connectivity index (χ2v) is 9.15. The van der Waals surface area contributed by atoms with Gasteiger partial charge in [-0.1, -0.05) is 19.0 Å². The molecule has 0 radical (unpaired) electrons. The van der Waals surface area contributed by atoms with Crippen LogP contribution in [-0.4, -0.2) is 63.6 Å². The number of amides is 2. The molecule has 0 bridgehead atoms. The van der Waals surface area contributed by atoms with Gasteiger partial charge in [-0.05, 0) is 0 Å². The smallest absolute Gasteiger partial charge is 0.731 e. The number of nitrogens with zero attached hydrogens (tertiary/aromatic N) is 3. The van der Waals surface area contributed by atoms with Crippen LogP contribution in [0.15, 0.2) is 10.5 Å². The largest absolute Gasteiger partial charge is 1.00 e. The average molecular weight is 445 g/mol. The molecule has 27 heavy (non-hydrogen) atoms. The molecule has 0 aromatic carbocycles. The van der Waals surface area contributed by atoms with Crippen molar-refractivity contribution in [2.45, 2.75) is 30.5 Å². The van der Waals surface area contributed by atoms with E-state index in [4.69, 9.17) is 5.73 Å². The van der Waals surface area contributed by atoms with Crippen molar-refractivity contribution in [3.63, 3.8) is 0 Å². The Morgan fingerprint density at radius 1 is 1.56 bits per heavy atom. The number of oxime groups is 1. The predicted molar refractivity (Wildman–Crippen MR) is 95.1 cm³/mol. The first-order valence-electron chi connectivity index (χ1n) is 7.14. The Bertz CT molecular complexity index is 842. The van der Waals surface area contributed by atoms with Crippen molar-refractivity contribution in [2.75, 3.05) is 12.8 Å². The van der Waals surface area contributed by atoms with Gasteiger partial charge in [0.2, 0.25) is 0 Å². The molecule has 2 amide bonds. The van der Waals surface area contributed by atoms with Gasteiger partial charge in [-0.15, -0.1) is 23.1 Å². The second-order valence-electron chi connectivity index (χ2n) is 5.31. The number of thioether (sulfide) groups is 1. The number of aromatic nitrogens is 1. The molecule has 2 rings (SSSR count). The number of anilines is 1. The molecule has 2 unspecified atom stereocenters. The summed E-state index contributed by atoms with van der Waals surface area (Å²) in [6, 6.07) is -1.20. The standard InChI is InChI=1S/C12H17N5O6S3.Na/c1-5(2)25-11-8(10(19)17(11)26(20,21)22)15-9(18)7(16-23-3)6-4-24-12(13)14-6;/h4-5,8,11H,1-3H3,(H2,13,14)(H,15,18)(H,20,21,22);/q;+1/p-1/b16-7+;. The van der Waals surface area contributed by atoms with Gasteiger partial charge in [-0.25, -0.2) is 17.7 Å². The van der Waals surface area contributed by atoms with Crippen LogP contribution < -0.4 is 40.6 Å². The Hall–Kier alpha value is -0.900. The molecule has 1 aromatic heterocycles. The Labute approximate surface area is 186 Å². The Kier molecular flexibility index (Phi) is 8.53. The van der Waals surface area contributed by atoms with Gasteiger partial charge in [0, 0.05) is 10.6 Å². The molecule has 3 N–H and O–H groups in total. The summed E-state index contributed by atoms with van der Waals surface area (Å²) >= 11 is 2.14. The topological polar surface area (TPSA) is 167 Å². The maximum absolute atomic E-state index is 12.5. The quantitative estimate of drug-likeness (QED) is 0.141. The van der Waals surface area contributed by atoms with Gasteiger partial charge in [0.1, 0.15) is 24.2 Å². The normalized spacial score (nSPS) is 20.1. The fourth-order valence-corrected chi connectivity index (χ4v) is 4.96. The van der Waals surface area contributed by atoms with Gasteiger partial charge in [0.05, 0.1) is 0 Å². The van der Waals surface area contributed by atoms with Crippen LogP contribution in [0.4, 0.5) is 5.13 Å². The van der Waals surface area contributed by atoms with E-state index in [1.165, 1.54) is 12.5 Å². The maximum atomic E-state index is 12.5. The third-order valence-corrected chi connectivity index (χ3v) is 6.10. The van der Waals surface area contributed by atoms with Crippen molar-refractivity contribution in [3.8, 4) is 0 Å². The average Bonchev–Trinajstić information content (AvgIpc) is 2.94. The van der Waals surface area contributed by atoms with Crippen LogP contribution >= 0.6 is 23.1 Å². The molecule has 1 saturated heterocycles. The summed E-state index contributed by atoms with van der Waals surface area (Å²) < 4.78 is 34.0. The molecule has 1 fully saturated rings. The van der Waals surface area contributed by atoms with Crippen molar-refractivity contribution >= 4 is 56.1 Å². The minimum Gasteiger partial charge on any atom is -0.731 e. The predicted octanol–water partition coefficient (Wildman–Crippen LogP) is -3.67. The van der Waals surface area contributed by atoms with Crippen molar-refractivity contribution in [3.05, 3.63) is 11.1 Å². The zero-order valence-corrected chi connectivity index (χ0v) is 19.4. The molecule has 1 aromatic rings. The number of nitrogens with two attached hydrogens (primary N) is 1. The van der Waals surface area contributed by atoms with Crippen molar-refractivity contribution in [1.82, 2.24) is 14.6 Å². The van der Waals surface area contributed by atoms with Crippen LogP contribution in [0.1, 0.15) is 19.5 Å². The fraction of sp³-hybridized carbons (Fsp3) is 0.500. The van der Waals surface area contributed by atoms with E-state index in [1.54, 1.807) is 13.8 Å². The number of rotatable bonds is 7. The summed E-state index contributed by atoms with van der Waals surface area (Å²) in [5.41, 5.74) is 5.44. The number of carbonyl (C=O) groups excluding carboxylic acids is 2. The van der Waals surface area contributed by atoms with Crippen LogP contribution in [0.2, 0.25) is 0 Å². The van der Waals surface area contributed by atoms with E-state index in [1.807, 2.05) is 0 Å². The summed E-state index contributed by atoms with van der Waals surface area (Å²) in [5, 5.41) is 6.49. The summed E-state index contributed by atoms with van der Waals surface area (Å²) in [6.07, 6.45) is 0. The fourth-order valence-electron chi connectivity index (χ4n) is 2.12. The second kappa shape index (κ2) is 9.54. The molecule has 1 aliphatic rings. The molecule has 0 aliphatic carbocycles. The number of β-lactam (4-membered cyclic amide) rings is 1. The van der Waals surface area contributed by atoms with Gasteiger partial charge in [-0.3, -0.25) is 9.59 Å². The van der Waals surface area contributed by atoms with Crippen molar-refractivity contribution < 1.29 is 57.0 Å². The van der Waals surface area contributed by atoms with Crippen LogP contribution in [0.5, 0.6) is 0 Å². The number of nitrogen functional groups attached to an aromatic ring is 1. The van der Waals surface area contributed by atoms with Crippen LogP contribution in [0.3, 0.4) is 0 Å². The third kappa shape index (κ3) is 5.56. The number of hydrogen-bond acceptors (Lipinski definition) is 11. The molecule has 2 atom stereocenters. The molecule has 11 nitrogen and oxygen atoms in total. The number of nitrogens with one attached hydrogen (secondary N) is 1. The molecule has 15 heteroatoms. The minimum absolute atomic E-state index is 0. The first-order chi connectivity index (χ1) is 12.1. The van der Waals surface area contributed by atoms with E-state index in [0.717, 1.165) is 23.1 Å². The Morgan fingerprint density at radius 2 is 2.19 bits per heavy atom. The van der Waals surface area contributed by atoms with Gasteiger partial charge in [0.15, 0.2) is 21.1 Å².